The van der Waals surface area contributed by atoms with E-state index in [2.05, 4.69) is 25.8 Å². The molecule has 0 fully saturated rings. The number of hydrogen-bond donors (Lipinski definition) is 3. The third-order valence-electron chi connectivity index (χ3n) is 4.67. The minimum Gasteiger partial charge on any atom is -0.494 e. The minimum atomic E-state index is 0.505. The molecule has 0 spiro atoms. The molecule has 4 N–H and O–H groups in total. The molecule has 0 saturated carbocycles. The smallest absolute Gasteiger partial charge is 0.144 e. The van der Waals surface area contributed by atoms with Crippen molar-refractivity contribution in [2.75, 3.05) is 31.0 Å². The average molecular weight is 401 g/mol. The molecule has 140 valence electrons. The van der Waals surface area contributed by atoms with Gasteiger partial charge in [0.2, 0.25) is 0 Å². The lowest BCUT2D eigenvalue weighted by atomic mass is 10.1. The van der Waals surface area contributed by atoms with Crippen LogP contribution < -0.4 is 15.8 Å². The first-order chi connectivity index (χ1) is 13.1. The number of hydrogen-bond acceptors (Lipinski definition) is 9. The number of anilines is 3. The monoisotopic (exact) mass is 400 g/mol. The SMILES string of the molecule is COc1cc(N)c(C=N)cc1Nc1ncnc2sc3c(c12)CCN(SC)C3. The van der Waals surface area contributed by atoms with Gasteiger partial charge in [-0.1, -0.05) is 11.9 Å². The molecule has 7 nitrogen and oxygen atoms in total. The molecular formula is C18H20N6OS2. The standard InChI is InChI=1S/C18H20N6OS2/c1-25-14-6-12(20)10(7-19)5-13(14)23-17-16-11-3-4-24(26-2)8-15(11)27-18(16)22-9-21-17/h5-7,9,19H,3-4,8,20H2,1-2H3,(H,21,22,23). The van der Waals surface area contributed by atoms with Crippen molar-refractivity contribution in [2.45, 2.75) is 13.0 Å². The van der Waals surface area contributed by atoms with Gasteiger partial charge in [0.1, 0.15) is 22.7 Å². The van der Waals surface area contributed by atoms with E-state index >= 15 is 0 Å². The van der Waals surface area contributed by atoms with Crippen LogP contribution in [0.2, 0.25) is 0 Å². The Hall–Kier alpha value is -2.36. The summed E-state index contributed by atoms with van der Waals surface area (Å²) in [5.74, 6) is 1.37. The molecule has 0 radical (unpaired) electrons. The molecular weight excluding hydrogens is 380 g/mol. The topological polar surface area (TPSA) is 100 Å². The van der Waals surface area contributed by atoms with E-state index in [9.17, 15) is 0 Å². The number of aromatic nitrogens is 2. The summed E-state index contributed by atoms with van der Waals surface area (Å²) in [5, 5.41) is 12.0. The lowest BCUT2D eigenvalue weighted by Gasteiger charge is -2.24. The van der Waals surface area contributed by atoms with Crippen LogP contribution >= 0.6 is 23.3 Å². The largest absolute Gasteiger partial charge is 0.494 e. The molecule has 1 aromatic carbocycles. The van der Waals surface area contributed by atoms with E-state index in [0.29, 0.717) is 17.0 Å². The van der Waals surface area contributed by atoms with Gasteiger partial charge in [0.15, 0.2) is 0 Å². The molecule has 27 heavy (non-hydrogen) atoms. The number of nitrogen functional groups attached to an aromatic ring is 1. The maximum Gasteiger partial charge on any atom is 0.144 e. The molecule has 1 aliphatic rings. The van der Waals surface area contributed by atoms with Crippen molar-refractivity contribution in [1.29, 1.82) is 5.41 Å². The van der Waals surface area contributed by atoms with Crippen LogP contribution in [0.3, 0.4) is 0 Å². The Labute approximate surface area is 165 Å². The molecule has 0 amide bonds. The zero-order valence-electron chi connectivity index (χ0n) is 15.1. The van der Waals surface area contributed by atoms with E-state index in [-0.39, 0.29) is 0 Å². The Morgan fingerprint density at radius 3 is 3.00 bits per heavy atom. The summed E-state index contributed by atoms with van der Waals surface area (Å²) in [6, 6.07) is 3.53. The van der Waals surface area contributed by atoms with Crippen LogP contribution in [0.15, 0.2) is 18.5 Å². The van der Waals surface area contributed by atoms with Gasteiger partial charge >= 0.3 is 0 Å². The number of fused-ring (bicyclic) bond motifs is 3. The third-order valence-corrected chi connectivity index (χ3v) is 6.63. The lowest BCUT2D eigenvalue weighted by Crippen LogP contribution is -2.22. The van der Waals surface area contributed by atoms with Gasteiger partial charge < -0.3 is 21.2 Å². The second-order valence-corrected chi connectivity index (χ2v) is 8.12. The van der Waals surface area contributed by atoms with Crippen molar-refractivity contribution in [2.24, 2.45) is 0 Å². The summed E-state index contributed by atoms with van der Waals surface area (Å²) < 4.78 is 7.82. The number of benzene rings is 1. The minimum absolute atomic E-state index is 0.505. The van der Waals surface area contributed by atoms with Crippen molar-refractivity contribution in [3.05, 3.63) is 34.5 Å². The van der Waals surface area contributed by atoms with E-state index in [0.717, 1.165) is 41.2 Å². The van der Waals surface area contributed by atoms with Gasteiger partial charge in [0.25, 0.3) is 0 Å². The molecule has 0 atom stereocenters. The van der Waals surface area contributed by atoms with Crippen LogP contribution in [0.4, 0.5) is 17.2 Å². The quantitative estimate of drug-likeness (QED) is 0.341. The molecule has 4 rings (SSSR count). The fourth-order valence-corrected chi connectivity index (χ4v) is 5.10. The van der Waals surface area contributed by atoms with Gasteiger partial charge in [-0.25, -0.2) is 14.3 Å². The molecule has 1 aliphatic heterocycles. The first-order valence-electron chi connectivity index (χ1n) is 8.44. The number of nitrogens with zero attached hydrogens (tertiary/aromatic N) is 3. The maximum absolute atomic E-state index is 7.55. The normalized spacial score (nSPS) is 14.1. The number of thiophene rings is 1. The van der Waals surface area contributed by atoms with Crippen LogP contribution in [0.1, 0.15) is 16.0 Å². The summed E-state index contributed by atoms with van der Waals surface area (Å²) in [7, 11) is 1.60. The van der Waals surface area contributed by atoms with Crippen LogP contribution in [-0.2, 0) is 13.0 Å². The van der Waals surface area contributed by atoms with Gasteiger partial charge in [-0.15, -0.1) is 11.3 Å². The second kappa shape index (κ2) is 7.34. The number of rotatable bonds is 5. The summed E-state index contributed by atoms with van der Waals surface area (Å²) in [6.45, 7) is 1.94. The summed E-state index contributed by atoms with van der Waals surface area (Å²) in [6.07, 6.45) is 5.90. The second-order valence-electron chi connectivity index (χ2n) is 6.15. The molecule has 0 unspecified atom stereocenters. The molecule has 3 aromatic rings. The number of ether oxygens (including phenoxy) is 1. The van der Waals surface area contributed by atoms with Crippen molar-refractivity contribution in [3.8, 4) is 5.75 Å². The lowest BCUT2D eigenvalue weighted by molar-refractivity contribution is 0.417. The van der Waals surface area contributed by atoms with E-state index in [1.54, 1.807) is 42.8 Å². The third kappa shape index (κ3) is 3.22. The Bertz CT molecular complexity index is 1020. The van der Waals surface area contributed by atoms with Gasteiger partial charge in [0.05, 0.1) is 18.2 Å². The number of nitrogens with two attached hydrogens (primary N) is 1. The highest BCUT2D eigenvalue weighted by atomic mass is 32.2. The summed E-state index contributed by atoms with van der Waals surface area (Å²) in [5.41, 5.74) is 9.16. The van der Waals surface area contributed by atoms with E-state index in [4.69, 9.17) is 15.9 Å². The molecule has 2 aromatic heterocycles. The van der Waals surface area contributed by atoms with E-state index in [1.165, 1.54) is 16.7 Å². The van der Waals surface area contributed by atoms with Crippen LogP contribution in [-0.4, -0.2) is 40.4 Å². The summed E-state index contributed by atoms with van der Waals surface area (Å²) >= 11 is 3.51. The average Bonchev–Trinajstić information content (AvgIpc) is 3.07. The number of nitrogens with one attached hydrogen (secondary N) is 2. The maximum atomic E-state index is 7.55. The van der Waals surface area contributed by atoms with Crippen LogP contribution in [0, 0.1) is 5.41 Å². The van der Waals surface area contributed by atoms with Gasteiger partial charge in [-0.05, 0) is 24.3 Å². The zero-order chi connectivity index (χ0) is 19.0. The van der Waals surface area contributed by atoms with Crippen LogP contribution in [0.25, 0.3) is 10.2 Å². The van der Waals surface area contributed by atoms with Gasteiger partial charge in [0, 0.05) is 41.5 Å². The molecule has 3 heterocycles. The van der Waals surface area contributed by atoms with E-state index in [1.807, 2.05) is 6.07 Å². The molecule has 0 aliphatic carbocycles. The Morgan fingerprint density at radius 2 is 2.26 bits per heavy atom. The van der Waals surface area contributed by atoms with Crippen molar-refractivity contribution in [1.82, 2.24) is 14.3 Å². The summed E-state index contributed by atoms with van der Waals surface area (Å²) in [4.78, 5) is 11.3. The highest BCUT2D eigenvalue weighted by molar-refractivity contribution is 7.96. The van der Waals surface area contributed by atoms with Gasteiger partial charge in [-0.3, -0.25) is 0 Å². The molecule has 0 bridgehead atoms. The predicted molar refractivity (Wildman–Crippen MR) is 114 cm³/mol. The Morgan fingerprint density at radius 1 is 1.41 bits per heavy atom. The molecule has 9 heteroatoms. The van der Waals surface area contributed by atoms with Crippen molar-refractivity contribution >= 4 is 56.9 Å². The van der Waals surface area contributed by atoms with Gasteiger partial charge in [-0.2, -0.15) is 0 Å². The highest BCUT2D eigenvalue weighted by Gasteiger charge is 2.24. The molecule has 0 saturated heterocycles. The van der Waals surface area contributed by atoms with Crippen LogP contribution in [0.5, 0.6) is 5.75 Å². The first kappa shape index (κ1) is 18.0. The fourth-order valence-electron chi connectivity index (χ4n) is 3.29. The Balaban J connectivity index is 1.80. The predicted octanol–water partition coefficient (Wildman–Crippen LogP) is 3.66. The van der Waals surface area contributed by atoms with Crippen molar-refractivity contribution in [3.63, 3.8) is 0 Å². The number of methoxy groups -OCH3 is 1. The first-order valence-corrected chi connectivity index (χ1v) is 10.4. The van der Waals surface area contributed by atoms with Crippen molar-refractivity contribution < 1.29 is 4.74 Å². The zero-order valence-corrected chi connectivity index (χ0v) is 16.7. The highest BCUT2D eigenvalue weighted by Crippen LogP contribution is 2.40. The van der Waals surface area contributed by atoms with E-state index < -0.39 is 0 Å². The Kier molecular flexibility index (Phi) is 4.90. The fraction of sp³-hybridized carbons (Fsp3) is 0.278.